The van der Waals surface area contributed by atoms with Gasteiger partial charge >= 0.3 is 0 Å². The van der Waals surface area contributed by atoms with E-state index in [-0.39, 0.29) is 11.1 Å². The van der Waals surface area contributed by atoms with Gasteiger partial charge in [-0.2, -0.15) is 0 Å². The van der Waals surface area contributed by atoms with E-state index in [2.05, 4.69) is 93.5 Å². The van der Waals surface area contributed by atoms with Gasteiger partial charge in [0, 0.05) is 29.3 Å². The number of nitrogens with one attached hydrogen (secondary N) is 1. The predicted octanol–water partition coefficient (Wildman–Crippen LogP) is 4.77. The lowest BCUT2D eigenvalue weighted by atomic mass is 10.0. The molecule has 2 heterocycles. The first-order valence-electron chi connectivity index (χ1n) is 7.79. The first-order chi connectivity index (χ1) is 9.63. The monoisotopic (exact) mass is 287 g/mol. The van der Waals surface area contributed by atoms with Gasteiger partial charge in [-0.3, -0.25) is 0 Å². The molecule has 21 heavy (non-hydrogen) atoms. The second-order valence-corrected chi connectivity index (χ2v) is 7.66. The molecule has 2 aromatic heterocycles. The zero-order chi connectivity index (χ0) is 15.8. The lowest BCUT2D eigenvalue weighted by Crippen LogP contribution is -2.42. The van der Waals surface area contributed by atoms with E-state index < -0.39 is 0 Å². The molecule has 0 aromatic carbocycles. The van der Waals surface area contributed by atoms with E-state index in [9.17, 15) is 0 Å². The van der Waals surface area contributed by atoms with E-state index in [1.54, 1.807) is 0 Å². The molecule has 2 rings (SSSR count). The van der Waals surface area contributed by atoms with Crippen LogP contribution in [0.1, 0.15) is 48.5 Å². The van der Waals surface area contributed by atoms with Gasteiger partial charge in [0.15, 0.2) is 0 Å². The van der Waals surface area contributed by atoms with Crippen LogP contribution in [0.15, 0.2) is 30.5 Å². The SMILES string of the molecule is CCN(c1cc2ccccn2c1NC(C)(C)C)C(C)(C)C. The second-order valence-electron chi connectivity index (χ2n) is 7.66. The number of pyridine rings is 1. The Balaban J connectivity index is 2.64. The van der Waals surface area contributed by atoms with Gasteiger partial charge in [0.2, 0.25) is 0 Å². The summed E-state index contributed by atoms with van der Waals surface area (Å²) in [7, 11) is 0. The topological polar surface area (TPSA) is 19.7 Å². The molecule has 0 saturated heterocycles. The fourth-order valence-electron chi connectivity index (χ4n) is 2.80. The summed E-state index contributed by atoms with van der Waals surface area (Å²) in [6.45, 7) is 16.6. The molecule has 0 aliphatic rings. The van der Waals surface area contributed by atoms with Crippen LogP contribution in [-0.2, 0) is 0 Å². The first-order valence-corrected chi connectivity index (χ1v) is 7.79. The number of nitrogens with zero attached hydrogens (tertiary/aromatic N) is 2. The molecule has 3 nitrogen and oxygen atoms in total. The van der Waals surface area contributed by atoms with Crippen LogP contribution in [0.25, 0.3) is 5.52 Å². The third kappa shape index (κ3) is 3.34. The third-order valence-electron chi connectivity index (χ3n) is 3.57. The predicted molar refractivity (Wildman–Crippen MR) is 93.5 cm³/mol. The van der Waals surface area contributed by atoms with Crippen molar-refractivity contribution in [2.24, 2.45) is 0 Å². The number of hydrogen-bond acceptors (Lipinski definition) is 2. The maximum atomic E-state index is 3.68. The zero-order valence-electron chi connectivity index (χ0n) is 14.5. The molecular formula is C18H29N3. The van der Waals surface area contributed by atoms with Gasteiger partial charge in [0.25, 0.3) is 0 Å². The van der Waals surface area contributed by atoms with Crippen molar-refractivity contribution in [1.82, 2.24) is 4.40 Å². The van der Waals surface area contributed by atoms with Crippen molar-refractivity contribution >= 4 is 17.0 Å². The first kappa shape index (κ1) is 15.7. The molecule has 0 unspecified atom stereocenters. The Hall–Kier alpha value is -1.64. The van der Waals surface area contributed by atoms with Crippen molar-refractivity contribution in [3.63, 3.8) is 0 Å². The van der Waals surface area contributed by atoms with E-state index >= 15 is 0 Å². The zero-order valence-corrected chi connectivity index (χ0v) is 14.5. The Morgan fingerprint density at radius 1 is 1.10 bits per heavy atom. The van der Waals surface area contributed by atoms with Crippen LogP contribution in [0.4, 0.5) is 11.5 Å². The quantitative estimate of drug-likeness (QED) is 0.877. The smallest absolute Gasteiger partial charge is 0.135 e. The third-order valence-corrected chi connectivity index (χ3v) is 3.57. The Bertz CT molecular complexity index is 611. The molecule has 2 aromatic rings. The Morgan fingerprint density at radius 3 is 2.29 bits per heavy atom. The summed E-state index contributed by atoms with van der Waals surface area (Å²) in [4.78, 5) is 2.45. The molecule has 0 bridgehead atoms. The van der Waals surface area contributed by atoms with E-state index in [0.29, 0.717) is 0 Å². The van der Waals surface area contributed by atoms with Gasteiger partial charge in [-0.15, -0.1) is 0 Å². The molecule has 0 fully saturated rings. The van der Waals surface area contributed by atoms with Crippen LogP contribution in [0, 0.1) is 0 Å². The van der Waals surface area contributed by atoms with Crippen molar-refractivity contribution < 1.29 is 0 Å². The van der Waals surface area contributed by atoms with E-state index in [0.717, 1.165) is 6.54 Å². The highest BCUT2D eigenvalue weighted by molar-refractivity contribution is 5.78. The number of aromatic nitrogens is 1. The maximum Gasteiger partial charge on any atom is 0.135 e. The van der Waals surface area contributed by atoms with Crippen molar-refractivity contribution in [2.45, 2.75) is 59.5 Å². The van der Waals surface area contributed by atoms with Crippen LogP contribution in [-0.4, -0.2) is 22.0 Å². The summed E-state index contributed by atoms with van der Waals surface area (Å²) < 4.78 is 2.25. The average molecular weight is 287 g/mol. The van der Waals surface area contributed by atoms with Gasteiger partial charge in [-0.1, -0.05) is 6.07 Å². The summed E-state index contributed by atoms with van der Waals surface area (Å²) in [5.41, 5.74) is 2.61. The van der Waals surface area contributed by atoms with Gasteiger partial charge in [-0.25, -0.2) is 0 Å². The highest BCUT2D eigenvalue weighted by Crippen LogP contribution is 2.35. The summed E-state index contributed by atoms with van der Waals surface area (Å²) >= 11 is 0. The van der Waals surface area contributed by atoms with E-state index in [1.807, 2.05) is 0 Å². The minimum Gasteiger partial charge on any atom is -0.365 e. The molecule has 0 spiro atoms. The van der Waals surface area contributed by atoms with Crippen molar-refractivity contribution in [1.29, 1.82) is 0 Å². The Morgan fingerprint density at radius 2 is 1.76 bits per heavy atom. The minimum absolute atomic E-state index is 0.0240. The van der Waals surface area contributed by atoms with E-state index in [1.165, 1.54) is 17.0 Å². The fraction of sp³-hybridized carbons (Fsp3) is 0.556. The highest BCUT2D eigenvalue weighted by Gasteiger charge is 2.26. The summed E-state index contributed by atoms with van der Waals surface area (Å²) in [5, 5.41) is 3.68. The molecule has 0 radical (unpaired) electrons. The molecule has 0 amide bonds. The highest BCUT2D eigenvalue weighted by atomic mass is 15.2. The second kappa shape index (κ2) is 5.28. The average Bonchev–Trinajstić information content (AvgIpc) is 2.65. The van der Waals surface area contributed by atoms with Crippen molar-refractivity contribution in [2.75, 3.05) is 16.8 Å². The molecule has 0 atom stereocenters. The van der Waals surface area contributed by atoms with Crippen LogP contribution in [0.3, 0.4) is 0 Å². The lowest BCUT2D eigenvalue weighted by molar-refractivity contribution is 0.513. The van der Waals surface area contributed by atoms with Gasteiger partial charge in [0.05, 0.1) is 5.69 Å². The Kier molecular flexibility index (Phi) is 3.96. The molecule has 3 heteroatoms. The van der Waals surface area contributed by atoms with Gasteiger partial charge < -0.3 is 14.6 Å². The van der Waals surface area contributed by atoms with Crippen LogP contribution in [0.5, 0.6) is 0 Å². The summed E-state index contributed by atoms with van der Waals surface area (Å²) in [6, 6.07) is 8.61. The maximum absolute atomic E-state index is 3.68. The summed E-state index contributed by atoms with van der Waals surface area (Å²) in [5.74, 6) is 1.18. The molecule has 0 aliphatic heterocycles. The standard InChI is InChI=1S/C18H29N3/c1-8-21(18(5,6)7)15-13-14-11-9-10-12-20(14)16(15)19-17(2,3)4/h9-13,19H,8H2,1-7H3. The van der Waals surface area contributed by atoms with Crippen molar-refractivity contribution in [3.8, 4) is 0 Å². The number of anilines is 2. The van der Waals surface area contributed by atoms with E-state index in [4.69, 9.17) is 0 Å². The Labute approximate surface area is 129 Å². The normalized spacial score (nSPS) is 12.7. The number of rotatable bonds is 3. The van der Waals surface area contributed by atoms with Crippen LogP contribution >= 0.6 is 0 Å². The molecule has 0 saturated carbocycles. The van der Waals surface area contributed by atoms with Crippen molar-refractivity contribution in [3.05, 3.63) is 30.5 Å². The molecule has 1 N–H and O–H groups in total. The number of hydrogen-bond donors (Lipinski definition) is 1. The summed E-state index contributed by atoms with van der Waals surface area (Å²) in [6.07, 6.45) is 2.13. The van der Waals surface area contributed by atoms with Gasteiger partial charge in [-0.05, 0) is 66.7 Å². The van der Waals surface area contributed by atoms with Crippen LogP contribution < -0.4 is 10.2 Å². The fourth-order valence-corrected chi connectivity index (χ4v) is 2.80. The molecular weight excluding hydrogens is 258 g/mol. The molecule has 116 valence electrons. The molecule has 0 aliphatic carbocycles. The number of fused-ring (bicyclic) bond motifs is 1. The largest absolute Gasteiger partial charge is 0.365 e. The minimum atomic E-state index is 0.0240. The lowest BCUT2D eigenvalue weighted by Gasteiger charge is -2.37. The van der Waals surface area contributed by atoms with Gasteiger partial charge in [0.1, 0.15) is 5.82 Å². The van der Waals surface area contributed by atoms with Crippen LogP contribution in [0.2, 0.25) is 0 Å².